The van der Waals surface area contributed by atoms with Crippen LogP contribution in [0.4, 0.5) is 0 Å². The molecular formula is C55H34N4O. The summed E-state index contributed by atoms with van der Waals surface area (Å²) in [4.78, 5) is 15.4. The molecule has 12 aromatic rings. The molecule has 60 heavy (non-hydrogen) atoms. The summed E-state index contributed by atoms with van der Waals surface area (Å²) in [7, 11) is 0. The summed E-state index contributed by atoms with van der Waals surface area (Å²) in [5.41, 5.74) is 12.4. The lowest BCUT2D eigenvalue weighted by atomic mass is 9.95. The summed E-state index contributed by atoms with van der Waals surface area (Å²) in [5.74, 6) is 1.80. The largest absolute Gasteiger partial charge is 0.456 e. The van der Waals surface area contributed by atoms with E-state index in [0.29, 0.717) is 17.5 Å². The Kier molecular flexibility index (Phi) is 7.78. The number of para-hydroxylation sites is 1. The first kappa shape index (κ1) is 33.9. The van der Waals surface area contributed by atoms with Crippen LogP contribution < -0.4 is 0 Å². The van der Waals surface area contributed by atoms with Gasteiger partial charge in [0.2, 0.25) is 0 Å². The van der Waals surface area contributed by atoms with Gasteiger partial charge in [-0.25, -0.2) is 15.0 Å². The Morgan fingerprint density at radius 1 is 0.333 bits per heavy atom. The summed E-state index contributed by atoms with van der Waals surface area (Å²) in [5, 5.41) is 6.78. The van der Waals surface area contributed by atoms with Gasteiger partial charge in [0.1, 0.15) is 11.2 Å². The van der Waals surface area contributed by atoms with Crippen LogP contribution >= 0.6 is 0 Å². The van der Waals surface area contributed by atoms with Crippen molar-refractivity contribution in [2.45, 2.75) is 0 Å². The van der Waals surface area contributed by atoms with Gasteiger partial charge >= 0.3 is 0 Å². The third kappa shape index (κ3) is 5.52. The van der Waals surface area contributed by atoms with Crippen molar-refractivity contribution < 1.29 is 4.42 Å². The van der Waals surface area contributed by atoms with Crippen LogP contribution in [0.5, 0.6) is 0 Å². The molecule has 0 spiro atoms. The fourth-order valence-electron chi connectivity index (χ4n) is 8.87. The van der Waals surface area contributed by atoms with Crippen molar-refractivity contribution in [3.8, 4) is 62.1 Å². The molecule has 0 aliphatic heterocycles. The normalized spacial score (nSPS) is 11.7. The summed E-state index contributed by atoms with van der Waals surface area (Å²) < 4.78 is 9.01. The first-order chi connectivity index (χ1) is 29.7. The van der Waals surface area contributed by atoms with Crippen LogP contribution in [0.1, 0.15) is 0 Å². The molecule has 0 saturated heterocycles. The lowest BCUT2D eigenvalue weighted by Crippen LogP contribution is -2.00. The minimum atomic E-state index is 0.584. The van der Waals surface area contributed by atoms with Crippen LogP contribution in [0.2, 0.25) is 0 Å². The molecule has 0 fully saturated rings. The van der Waals surface area contributed by atoms with E-state index >= 15 is 0 Å². The van der Waals surface area contributed by atoms with Gasteiger partial charge < -0.3 is 8.98 Å². The third-order valence-electron chi connectivity index (χ3n) is 11.7. The average Bonchev–Trinajstić information content (AvgIpc) is 3.88. The highest BCUT2D eigenvalue weighted by atomic mass is 16.3. The van der Waals surface area contributed by atoms with Gasteiger partial charge in [0, 0.05) is 49.3 Å². The smallest absolute Gasteiger partial charge is 0.164 e. The number of furan rings is 1. The first-order valence-corrected chi connectivity index (χ1v) is 20.2. The van der Waals surface area contributed by atoms with Crippen LogP contribution in [-0.2, 0) is 0 Å². The fourth-order valence-corrected chi connectivity index (χ4v) is 8.87. The van der Waals surface area contributed by atoms with Gasteiger partial charge in [-0.3, -0.25) is 0 Å². The highest BCUT2D eigenvalue weighted by Crippen LogP contribution is 2.43. The van der Waals surface area contributed by atoms with E-state index in [1.54, 1.807) is 0 Å². The van der Waals surface area contributed by atoms with Gasteiger partial charge in [-0.2, -0.15) is 0 Å². The Hall–Kier alpha value is -8.15. The molecular weight excluding hydrogens is 733 g/mol. The Bertz CT molecular complexity index is 3570. The number of aromatic nitrogens is 4. The molecule has 0 N–H and O–H groups in total. The number of fused-ring (bicyclic) bond motifs is 8. The van der Waals surface area contributed by atoms with Gasteiger partial charge in [-0.1, -0.05) is 170 Å². The molecule has 3 heterocycles. The molecule has 5 nitrogen and oxygen atoms in total. The zero-order valence-electron chi connectivity index (χ0n) is 32.3. The van der Waals surface area contributed by atoms with E-state index in [2.05, 4.69) is 162 Å². The highest BCUT2D eigenvalue weighted by molar-refractivity contribution is 6.22. The van der Waals surface area contributed by atoms with Gasteiger partial charge in [-0.15, -0.1) is 0 Å². The maximum Gasteiger partial charge on any atom is 0.164 e. The van der Waals surface area contributed by atoms with Crippen molar-refractivity contribution >= 4 is 54.5 Å². The lowest BCUT2D eigenvalue weighted by molar-refractivity contribution is 0.669. The van der Waals surface area contributed by atoms with E-state index < -0.39 is 0 Å². The quantitative estimate of drug-likeness (QED) is 0.169. The first-order valence-electron chi connectivity index (χ1n) is 20.2. The molecule has 0 aliphatic rings. The van der Waals surface area contributed by atoms with Gasteiger partial charge in [0.25, 0.3) is 0 Å². The number of hydrogen-bond donors (Lipinski definition) is 0. The number of benzene rings is 9. The van der Waals surface area contributed by atoms with Crippen LogP contribution in [-0.4, -0.2) is 19.5 Å². The Labute approximate surface area is 345 Å². The predicted molar refractivity (Wildman–Crippen MR) is 246 cm³/mol. The second kappa shape index (κ2) is 13.8. The van der Waals surface area contributed by atoms with Crippen molar-refractivity contribution in [2.24, 2.45) is 0 Å². The average molecular weight is 767 g/mol. The SMILES string of the molecule is c1ccc(-c2ccc(-c3nc(-c4ccccc4)nc(-c4cccc5oc6ccc(-n7c8ccccc8c8cc(-c9ccccc9)c9ccccc9c87)cc6c45)n3)cc2)cc1. The molecule has 5 heteroatoms. The van der Waals surface area contributed by atoms with E-state index in [-0.39, 0.29) is 0 Å². The van der Waals surface area contributed by atoms with Crippen molar-refractivity contribution in [3.05, 3.63) is 206 Å². The molecule has 0 amide bonds. The minimum Gasteiger partial charge on any atom is -0.456 e. The molecule has 0 aliphatic carbocycles. The minimum absolute atomic E-state index is 0.584. The van der Waals surface area contributed by atoms with Crippen LogP contribution in [0, 0.1) is 0 Å². The van der Waals surface area contributed by atoms with E-state index in [1.807, 2.05) is 48.5 Å². The van der Waals surface area contributed by atoms with Gasteiger partial charge in [-0.05, 0) is 64.0 Å². The van der Waals surface area contributed by atoms with Crippen molar-refractivity contribution in [3.63, 3.8) is 0 Å². The lowest BCUT2D eigenvalue weighted by Gasteiger charge is -2.13. The Morgan fingerprint density at radius 3 is 1.63 bits per heavy atom. The van der Waals surface area contributed by atoms with Crippen molar-refractivity contribution in [1.82, 2.24) is 19.5 Å². The molecule has 0 atom stereocenters. The molecule has 0 radical (unpaired) electrons. The summed E-state index contributed by atoms with van der Waals surface area (Å²) in [6.07, 6.45) is 0. The second-order valence-corrected chi connectivity index (χ2v) is 15.2. The molecule has 9 aromatic carbocycles. The standard InChI is InChI=1S/C55H34N4O/c1-4-15-35(16-5-1)36-27-29-39(30-28-36)54-56-53(38-19-8-3-9-20-38)57-55(58-54)44-24-14-26-50-51(44)47-33-40(31-32-49(47)60-50)59-48-25-13-12-22-42(48)46-34-45(37-17-6-2-7-18-37)41-21-10-11-23-43(41)52(46)59/h1-34H. The summed E-state index contributed by atoms with van der Waals surface area (Å²) in [6, 6.07) is 72.2. The fraction of sp³-hybridized carbons (Fsp3) is 0. The van der Waals surface area contributed by atoms with Crippen molar-refractivity contribution in [1.29, 1.82) is 0 Å². The molecule has 0 bridgehead atoms. The number of rotatable bonds is 6. The highest BCUT2D eigenvalue weighted by Gasteiger charge is 2.21. The van der Waals surface area contributed by atoms with E-state index in [4.69, 9.17) is 19.4 Å². The monoisotopic (exact) mass is 766 g/mol. The predicted octanol–water partition coefficient (Wildman–Crippen LogP) is 14.4. The second-order valence-electron chi connectivity index (χ2n) is 15.2. The Balaban J connectivity index is 1.07. The molecule has 3 aromatic heterocycles. The van der Waals surface area contributed by atoms with Crippen LogP contribution in [0.25, 0.3) is 117 Å². The molecule has 0 unspecified atom stereocenters. The number of hydrogen-bond acceptors (Lipinski definition) is 4. The summed E-state index contributed by atoms with van der Waals surface area (Å²) in [6.45, 7) is 0. The summed E-state index contributed by atoms with van der Waals surface area (Å²) >= 11 is 0. The van der Waals surface area contributed by atoms with E-state index in [0.717, 1.165) is 61.0 Å². The molecule has 280 valence electrons. The van der Waals surface area contributed by atoms with Crippen molar-refractivity contribution in [2.75, 3.05) is 0 Å². The zero-order valence-corrected chi connectivity index (χ0v) is 32.3. The van der Waals surface area contributed by atoms with Crippen LogP contribution in [0.3, 0.4) is 0 Å². The Morgan fingerprint density at radius 2 is 0.900 bits per heavy atom. The maximum atomic E-state index is 6.60. The third-order valence-corrected chi connectivity index (χ3v) is 11.7. The zero-order chi connectivity index (χ0) is 39.6. The van der Waals surface area contributed by atoms with Gasteiger partial charge in [0.05, 0.1) is 11.0 Å². The van der Waals surface area contributed by atoms with Gasteiger partial charge in [0.15, 0.2) is 17.5 Å². The maximum absolute atomic E-state index is 6.60. The van der Waals surface area contributed by atoms with E-state index in [1.165, 1.54) is 38.2 Å². The van der Waals surface area contributed by atoms with Crippen LogP contribution in [0.15, 0.2) is 211 Å². The number of nitrogens with zero attached hydrogens (tertiary/aromatic N) is 4. The van der Waals surface area contributed by atoms with E-state index in [9.17, 15) is 0 Å². The molecule has 0 saturated carbocycles. The molecule has 12 rings (SSSR count). The topological polar surface area (TPSA) is 56.7 Å².